The molecule has 2 rings (SSSR count). The van der Waals surface area contributed by atoms with Crippen molar-refractivity contribution in [1.29, 1.82) is 0 Å². The molecule has 0 aliphatic rings. The lowest BCUT2D eigenvalue weighted by atomic mass is 10.0. The van der Waals surface area contributed by atoms with E-state index in [1.54, 1.807) is 0 Å². The summed E-state index contributed by atoms with van der Waals surface area (Å²) in [5, 5.41) is 8.82. The molecule has 1 unspecified atom stereocenters. The van der Waals surface area contributed by atoms with Crippen molar-refractivity contribution in [3.8, 4) is 0 Å². The van der Waals surface area contributed by atoms with Crippen LogP contribution in [0.3, 0.4) is 0 Å². The minimum Gasteiger partial charge on any atom is -0.305 e. The molecule has 0 saturated heterocycles. The summed E-state index contributed by atoms with van der Waals surface area (Å²) in [6.07, 6.45) is 3.05. The molecule has 0 saturated carbocycles. The predicted octanol–water partition coefficient (Wildman–Crippen LogP) is 3.77. The minimum absolute atomic E-state index is 0.0896. The van der Waals surface area contributed by atoms with E-state index in [2.05, 4.69) is 39.9 Å². The van der Waals surface area contributed by atoms with Crippen molar-refractivity contribution in [3.63, 3.8) is 0 Å². The molecule has 1 N–H and O–H groups in total. The van der Waals surface area contributed by atoms with Gasteiger partial charge in [-0.3, -0.25) is 4.68 Å². The average molecular weight is 390 g/mol. The van der Waals surface area contributed by atoms with Crippen LogP contribution in [-0.4, -0.2) is 16.3 Å². The standard InChI is InChI=1S/C14H17ClIN3/c1-3-7-17-14(13-6-8-19(2)18-13)11-9-10(15)4-5-12(11)16/h4-6,8-9,14,17H,3,7H2,1-2H3. The molecule has 0 bridgehead atoms. The van der Waals surface area contributed by atoms with Gasteiger partial charge in [0.1, 0.15) is 0 Å². The SMILES string of the molecule is CCCNC(c1ccn(C)n1)c1cc(Cl)ccc1I. The number of nitrogens with zero attached hydrogens (tertiary/aromatic N) is 2. The summed E-state index contributed by atoms with van der Waals surface area (Å²) in [7, 11) is 1.93. The fourth-order valence-electron chi connectivity index (χ4n) is 1.99. The van der Waals surface area contributed by atoms with E-state index in [-0.39, 0.29) is 6.04 Å². The Morgan fingerprint density at radius 3 is 2.84 bits per heavy atom. The van der Waals surface area contributed by atoms with Gasteiger partial charge in [0, 0.05) is 21.8 Å². The fraction of sp³-hybridized carbons (Fsp3) is 0.357. The van der Waals surface area contributed by atoms with Crippen molar-refractivity contribution in [2.75, 3.05) is 6.54 Å². The number of hydrogen-bond donors (Lipinski definition) is 1. The molecule has 1 aromatic carbocycles. The Morgan fingerprint density at radius 2 is 2.21 bits per heavy atom. The van der Waals surface area contributed by atoms with Gasteiger partial charge < -0.3 is 5.32 Å². The molecule has 0 aliphatic carbocycles. The summed E-state index contributed by atoms with van der Waals surface area (Å²) >= 11 is 8.48. The highest BCUT2D eigenvalue weighted by Gasteiger charge is 2.18. The van der Waals surface area contributed by atoms with E-state index in [1.165, 1.54) is 9.13 Å². The van der Waals surface area contributed by atoms with Crippen LogP contribution < -0.4 is 5.32 Å². The van der Waals surface area contributed by atoms with Gasteiger partial charge >= 0.3 is 0 Å². The summed E-state index contributed by atoms with van der Waals surface area (Å²) < 4.78 is 3.02. The van der Waals surface area contributed by atoms with Gasteiger partial charge in [-0.25, -0.2) is 0 Å². The zero-order chi connectivity index (χ0) is 13.8. The van der Waals surface area contributed by atoms with Gasteiger partial charge in [-0.2, -0.15) is 5.10 Å². The zero-order valence-corrected chi connectivity index (χ0v) is 13.9. The smallest absolute Gasteiger partial charge is 0.0839 e. The maximum atomic E-state index is 6.13. The second-order valence-electron chi connectivity index (χ2n) is 4.47. The summed E-state index contributed by atoms with van der Waals surface area (Å²) in [4.78, 5) is 0. The summed E-state index contributed by atoms with van der Waals surface area (Å²) in [5.74, 6) is 0. The first-order chi connectivity index (χ1) is 9.11. The van der Waals surface area contributed by atoms with Crippen LogP contribution in [0.15, 0.2) is 30.5 Å². The molecule has 1 atom stereocenters. The molecule has 2 aromatic rings. The lowest BCUT2D eigenvalue weighted by molar-refractivity contribution is 0.574. The largest absolute Gasteiger partial charge is 0.305 e. The van der Waals surface area contributed by atoms with Gasteiger partial charge in [0.2, 0.25) is 0 Å². The molecule has 0 radical (unpaired) electrons. The molecule has 3 nitrogen and oxygen atoms in total. The highest BCUT2D eigenvalue weighted by atomic mass is 127. The van der Waals surface area contributed by atoms with Gasteiger partial charge in [-0.1, -0.05) is 18.5 Å². The van der Waals surface area contributed by atoms with Crippen LogP contribution in [0.25, 0.3) is 0 Å². The number of rotatable bonds is 5. The number of aryl methyl sites for hydroxylation is 1. The van der Waals surface area contributed by atoms with E-state index in [0.717, 1.165) is 23.7 Å². The first-order valence-electron chi connectivity index (χ1n) is 6.29. The Labute approximate surface area is 132 Å². The number of aromatic nitrogens is 2. The van der Waals surface area contributed by atoms with Crippen molar-refractivity contribution >= 4 is 34.2 Å². The first-order valence-corrected chi connectivity index (χ1v) is 7.75. The lowest BCUT2D eigenvalue weighted by Gasteiger charge is -2.18. The fourth-order valence-corrected chi connectivity index (χ4v) is 2.81. The van der Waals surface area contributed by atoms with E-state index in [0.29, 0.717) is 0 Å². The Bertz CT molecular complexity index is 553. The normalized spacial score (nSPS) is 12.6. The number of benzene rings is 1. The Morgan fingerprint density at radius 1 is 1.42 bits per heavy atom. The van der Waals surface area contributed by atoms with Gasteiger partial charge in [-0.05, 0) is 65.4 Å². The van der Waals surface area contributed by atoms with Crippen LogP contribution >= 0.6 is 34.2 Å². The average Bonchev–Trinajstić information content (AvgIpc) is 2.80. The Hall–Kier alpha value is -0.590. The molecule has 0 fully saturated rings. The van der Waals surface area contributed by atoms with Gasteiger partial charge in [0.05, 0.1) is 11.7 Å². The third kappa shape index (κ3) is 3.70. The molecule has 102 valence electrons. The molecular weight excluding hydrogens is 373 g/mol. The lowest BCUT2D eigenvalue weighted by Crippen LogP contribution is -2.24. The maximum Gasteiger partial charge on any atom is 0.0839 e. The summed E-state index contributed by atoms with van der Waals surface area (Å²) in [6.45, 7) is 3.11. The van der Waals surface area contributed by atoms with Crippen molar-refractivity contribution in [1.82, 2.24) is 15.1 Å². The number of halogens is 2. The molecule has 19 heavy (non-hydrogen) atoms. The maximum absolute atomic E-state index is 6.13. The van der Waals surface area contributed by atoms with E-state index in [4.69, 9.17) is 11.6 Å². The summed E-state index contributed by atoms with van der Waals surface area (Å²) in [5.41, 5.74) is 2.20. The monoisotopic (exact) mass is 389 g/mol. The van der Waals surface area contributed by atoms with Crippen molar-refractivity contribution in [3.05, 3.63) is 50.3 Å². The Kier molecular flexibility index (Phi) is 5.24. The highest BCUT2D eigenvalue weighted by molar-refractivity contribution is 14.1. The molecule has 1 aromatic heterocycles. The topological polar surface area (TPSA) is 29.9 Å². The second kappa shape index (κ2) is 6.72. The second-order valence-corrected chi connectivity index (χ2v) is 6.07. The van der Waals surface area contributed by atoms with Gasteiger partial charge in [-0.15, -0.1) is 0 Å². The zero-order valence-electron chi connectivity index (χ0n) is 11.0. The van der Waals surface area contributed by atoms with Crippen LogP contribution in [-0.2, 0) is 7.05 Å². The van der Waals surface area contributed by atoms with Crippen molar-refractivity contribution in [2.24, 2.45) is 7.05 Å². The summed E-state index contributed by atoms with van der Waals surface area (Å²) in [6, 6.07) is 8.12. The molecule has 5 heteroatoms. The Balaban J connectivity index is 2.39. The van der Waals surface area contributed by atoms with Crippen molar-refractivity contribution in [2.45, 2.75) is 19.4 Å². The van der Waals surface area contributed by atoms with Crippen molar-refractivity contribution < 1.29 is 0 Å². The third-order valence-corrected chi connectivity index (χ3v) is 4.12. The van der Waals surface area contributed by atoms with Gasteiger partial charge in [0.25, 0.3) is 0 Å². The first kappa shape index (κ1) is 14.8. The van der Waals surface area contributed by atoms with E-state index in [1.807, 2.05) is 42.2 Å². The van der Waals surface area contributed by atoms with E-state index >= 15 is 0 Å². The highest BCUT2D eigenvalue weighted by Crippen LogP contribution is 2.27. The third-order valence-electron chi connectivity index (χ3n) is 2.90. The van der Waals surface area contributed by atoms with E-state index < -0.39 is 0 Å². The predicted molar refractivity (Wildman–Crippen MR) is 87.5 cm³/mol. The van der Waals surface area contributed by atoms with Crippen LogP contribution in [0, 0.1) is 3.57 Å². The van der Waals surface area contributed by atoms with Crippen LogP contribution in [0.2, 0.25) is 5.02 Å². The molecule has 0 spiro atoms. The van der Waals surface area contributed by atoms with Crippen LogP contribution in [0.4, 0.5) is 0 Å². The minimum atomic E-state index is 0.0896. The molecular formula is C14H17ClIN3. The molecule has 0 aliphatic heterocycles. The number of nitrogens with one attached hydrogen (secondary N) is 1. The quantitative estimate of drug-likeness (QED) is 0.789. The number of hydrogen-bond acceptors (Lipinski definition) is 2. The van der Waals surface area contributed by atoms with Crippen LogP contribution in [0.5, 0.6) is 0 Å². The van der Waals surface area contributed by atoms with Gasteiger partial charge in [0.15, 0.2) is 0 Å². The van der Waals surface area contributed by atoms with Crippen LogP contribution in [0.1, 0.15) is 30.6 Å². The van der Waals surface area contributed by atoms with E-state index in [9.17, 15) is 0 Å². The molecule has 1 heterocycles. The molecule has 0 amide bonds.